The van der Waals surface area contributed by atoms with Crippen molar-refractivity contribution in [2.24, 2.45) is 0 Å². The normalized spacial score (nSPS) is 11.2. The lowest BCUT2D eigenvalue weighted by molar-refractivity contribution is 0.168. The van der Waals surface area contributed by atoms with Gasteiger partial charge >= 0.3 is 6.09 Å². The molecule has 0 atom stereocenters. The summed E-state index contributed by atoms with van der Waals surface area (Å²) in [5.41, 5.74) is 1.09. The van der Waals surface area contributed by atoms with Gasteiger partial charge in [-0.3, -0.25) is 5.32 Å². The molecule has 7 nitrogen and oxygen atoms in total. The lowest BCUT2D eigenvalue weighted by Crippen LogP contribution is -2.26. The fourth-order valence-electron chi connectivity index (χ4n) is 2.33. The second-order valence-corrected chi connectivity index (χ2v) is 7.50. The number of nitrogens with one attached hydrogen (secondary N) is 1. The molecular formula is C18H22N2O5S. The van der Waals surface area contributed by atoms with E-state index >= 15 is 0 Å². The van der Waals surface area contributed by atoms with Gasteiger partial charge in [0.2, 0.25) is 10.0 Å². The van der Waals surface area contributed by atoms with E-state index in [9.17, 15) is 13.2 Å². The Morgan fingerprint density at radius 1 is 1.15 bits per heavy atom. The van der Waals surface area contributed by atoms with Gasteiger partial charge in [-0.1, -0.05) is 30.3 Å². The predicted molar refractivity (Wildman–Crippen MR) is 98.7 cm³/mol. The molecule has 2 aromatic carbocycles. The van der Waals surface area contributed by atoms with Crippen molar-refractivity contribution in [3.8, 4) is 5.75 Å². The van der Waals surface area contributed by atoms with E-state index in [1.54, 1.807) is 6.92 Å². The first-order valence-corrected chi connectivity index (χ1v) is 9.44. The van der Waals surface area contributed by atoms with Gasteiger partial charge in [0, 0.05) is 13.6 Å². The summed E-state index contributed by atoms with van der Waals surface area (Å²) in [5.74, 6) is 0.336. The predicted octanol–water partition coefficient (Wildman–Crippen LogP) is 3.08. The Balaban J connectivity index is 2.29. The average Bonchev–Trinajstić information content (AvgIpc) is 2.62. The van der Waals surface area contributed by atoms with Crippen LogP contribution in [0.25, 0.3) is 0 Å². The van der Waals surface area contributed by atoms with Crippen molar-refractivity contribution in [1.82, 2.24) is 4.31 Å². The van der Waals surface area contributed by atoms with Crippen molar-refractivity contribution in [3.63, 3.8) is 0 Å². The lowest BCUT2D eigenvalue weighted by atomic mass is 10.2. The number of hydrogen-bond donors (Lipinski definition) is 1. The van der Waals surface area contributed by atoms with Gasteiger partial charge < -0.3 is 9.47 Å². The number of carbonyl (C=O) groups excluding carboxylic acids is 1. The second kappa shape index (κ2) is 8.68. The van der Waals surface area contributed by atoms with Crippen molar-refractivity contribution in [2.75, 3.05) is 26.1 Å². The Kier molecular flexibility index (Phi) is 6.59. The number of benzene rings is 2. The van der Waals surface area contributed by atoms with Gasteiger partial charge in [-0.15, -0.1) is 0 Å². The summed E-state index contributed by atoms with van der Waals surface area (Å²) in [6, 6.07) is 13.6. The molecule has 0 aromatic heterocycles. The summed E-state index contributed by atoms with van der Waals surface area (Å²) in [6.07, 6.45) is -0.682. The molecule has 8 heteroatoms. The van der Waals surface area contributed by atoms with E-state index in [0.717, 1.165) is 5.56 Å². The van der Waals surface area contributed by atoms with Crippen LogP contribution in [0.1, 0.15) is 12.5 Å². The lowest BCUT2D eigenvalue weighted by Gasteiger charge is -2.18. The first-order chi connectivity index (χ1) is 12.4. The van der Waals surface area contributed by atoms with Gasteiger partial charge in [0.15, 0.2) is 0 Å². The minimum atomic E-state index is -3.75. The number of ether oxygens (including phenoxy) is 2. The van der Waals surface area contributed by atoms with Crippen molar-refractivity contribution in [1.29, 1.82) is 0 Å². The standard InChI is InChI=1S/C18H22N2O5S/c1-4-25-18(21)19-16-12-15(10-11-17(16)24-3)26(22,23)20(2)13-14-8-6-5-7-9-14/h5-12H,4,13H2,1-3H3,(H,19,21). The Morgan fingerprint density at radius 3 is 2.46 bits per heavy atom. The Bertz CT molecular complexity index is 853. The number of carbonyl (C=O) groups is 1. The van der Waals surface area contributed by atoms with E-state index in [2.05, 4.69) is 5.32 Å². The third-order valence-corrected chi connectivity index (χ3v) is 5.44. The SMILES string of the molecule is CCOC(=O)Nc1cc(S(=O)(=O)N(C)Cc2ccccc2)ccc1OC. The number of sulfonamides is 1. The highest BCUT2D eigenvalue weighted by molar-refractivity contribution is 7.89. The Labute approximate surface area is 153 Å². The van der Waals surface area contributed by atoms with Gasteiger partial charge in [0.1, 0.15) is 5.75 Å². The summed E-state index contributed by atoms with van der Waals surface area (Å²) >= 11 is 0. The molecule has 2 rings (SSSR count). The van der Waals surface area contributed by atoms with E-state index in [1.165, 1.54) is 36.7 Å². The molecule has 0 spiro atoms. The zero-order chi connectivity index (χ0) is 19.2. The van der Waals surface area contributed by atoms with Crippen LogP contribution in [0.15, 0.2) is 53.4 Å². The molecule has 0 radical (unpaired) electrons. The number of methoxy groups -OCH3 is 1. The van der Waals surface area contributed by atoms with Crippen LogP contribution in [0.5, 0.6) is 5.75 Å². The van der Waals surface area contributed by atoms with Crippen LogP contribution in [0.3, 0.4) is 0 Å². The molecule has 1 N–H and O–H groups in total. The van der Waals surface area contributed by atoms with E-state index in [1.807, 2.05) is 30.3 Å². The first kappa shape index (κ1) is 19.7. The molecule has 0 aliphatic carbocycles. The first-order valence-electron chi connectivity index (χ1n) is 8.00. The van der Waals surface area contributed by atoms with Crippen LogP contribution < -0.4 is 10.1 Å². The van der Waals surface area contributed by atoms with E-state index in [4.69, 9.17) is 9.47 Å². The maximum absolute atomic E-state index is 12.8. The summed E-state index contributed by atoms with van der Waals surface area (Å²) in [5, 5.41) is 2.49. The van der Waals surface area contributed by atoms with Crippen LogP contribution in [0, 0.1) is 0 Å². The maximum atomic E-state index is 12.8. The molecule has 0 fully saturated rings. The zero-order valence-corrected chi connectivity index (χ0v) is 15.7. The Morgan fingerprint density at radius 2 is 1.85 bits per heavy atom. The van der Waals surface area contributed by atoms with Crippen molar-refractivity contribution in [3.05, 3.63) is 54.1 Å². The summed E-state index contributed by atoms with van der Waals surface area (Å²) < 4.78 is 36.9. The van der Waals surface area contributed by atoms with Gasteiger partial charge in [-0.25, -0.2) is 13.2 Å². The number of rotatable bonds is 7. The molecule has 0 aliphatic rings. The van der Waals surface area contributed by atoms with Gasteiger partial charge in [-0.2, -0.15) is 4.31 Å². The highest BCUT2D eigenvalue weighted by Crippen LogP contribution is 2.29. The topological polar surface area (TPSA) is 84.9 Å². The van der Waals surface area contributed by atoms with Crippen LogP contribution >= 0.6 is 0 Å². The molecule has 2 aromatic rings. The van der Waals surface area contributed by atoms with Crippen LogP contribution in [0.2, 0.25) is 0 Å². The van der Waals surface area contributed by atoms with Gasteiger partial charge in [-0.05, 0) is 30.7 Å². The number of nitrogens with zero attached hydrogens (tertiary/aromatic N) is 1. The molecule has 0 saturated carbocycles. The minimum absolute atomic E-state index is 0.0449. The average molecular weight is 378 g/mol. The quantitative estimate of drug-likeness (QED) is 0.800. The van der Waals surface area contributed by atoms with Gasteiger partial charge in [0.05, 0.1) is 24.3 Å². The van der Waals surface area contributed by atoms with Crippen molar-refractivity contribution < 1.29 is 22.7 Å². The fraction of sp³-hybridized carbons (Fsp3) is 0.278. The third kappa shape index (κ3) is 4.74. The molecule has 140 valence electrons. The van der Waals surface area contributed by atoms with Crippen LogP contribution in [0.4, 0.5) is 10.5 Å². The molecule has 0 bridgehead atoms. The molecular weight excluding hydrogens is 356 g/mol. The zero-order valence-electron chi connectivity index (χ0n) is 14.9. The van der Waals surface area contributed by atoms with E-state index < -0.39 is 16.1 Å². The molecule has 0 heterocycles. The van der Waals surface area contributed by atoms with Crippen molar-refractivity contribution in [2.45, 2.75) is 18.4 Å². The number of amides is 1. The monoisotopic (exact) mass is 378 g/mol. The smallest absolute Gasteiger partial charge is 0.411 e. The minimum Gasteiger partial charge on any atom is -0.495 e. The van der Waals surface area contributed by atoms with E-state index in [-0.39, 0.29) is 23.7 Å². The van der Waals surface area contributed by atoms with E-state index in [0.29, 0.717) is 5.75 Å². The van der Waals surface area contributed by atoms with Gasteiger partial charge in [0.25, 0.3) is 0 Å². The number of anilines is 1. The number of hydrogen-bond acceptors (Lipinski definition) is 5. The third-order valence-electron chi connectivity index (χ3n) is 3.64. The molecule has 0 aliphatic heterocycles. The summed E-state index contributed by atoms with van der Waals surface area (Å²) in [4.78, 5) is 11.7. The second-order valence-electron chi connectivity index (χ2n) is 5.45. The molecule has 26 heavy (non-hydrogen) atoms. The van der Waals surface area contributed by atoms with Crippen molar-refractivity contribution >= 4 is 21.8 Å². The Hall–Kier alpha value is -2.58. The summed E-state index contributed by atoms with van der Waals surface area (Å²) in [6.45, 7) is 2.11. The molecule has 0 saturated heterocycles. The summed E-state index contributed by atoms with van der Waals surface area (Å²) in [7, 11) is -0.810. The van der Waals surface area contributed by atoms with Crippen LogP contribution in [-0.4, -0.2) is 39.6 Å². The van der Waals surface area contributed by atoms with Crippen LogP contribution in [-0.2, 0) is 21.3 Å². The highest BCUT2D eigenvalue weighted by atomic mass is 32.2. The maximum Gasteiger partial charge on any atom is 0.411 e. The fourth-order valence-corrected chi connectivity index (χ4v) is 3.51. The largest absolute Gasteiger partial charge is 0.495 e. The molecule has 1 amide bonds. The highest BCUT2D eigenvalue weighted by Gasteiger charge is 2.23. The molecule has 0 unspecified atom stereocenters.